The highest BCUT2D eigenvalue weighted by atomic mass is 32.2. The molecular weight excluding hydrogens is 456 g/mol. The molecule has 0 saturated carbocycles. The molecule has 0 unspecified atom stereocenters. The quantitative estimate of drug-likeness (QED) is 0.192. The fourth-order valence-corrected chi connectivity index (χ4v) is 3.71. The maximum Gasteiger partial charge on any atom is 0.341 e. The Morgan fingerprint density at radius 3 is 1.94 bits per heavy atom. The molecule has 1 N–H and O–H groups in total. The van der Waals surface area contributed by atoms with E-state index in [2.05, 4.69) is 10.2 Å². The SMILES string of the molecule is O=[N+]([O-])c1ccc(-n2nc(-c3ccccc3S(=O)(=O)O)n[n+]2-c2ccc([N+](=O)[O-])cc2)cc1. The van der Waals surface area contributed by atoms with Crippen LogP contribution in [0.25, 0.3) is 22.8 Å². The summed E-state index contributed by atoms with van der Waals surface area (Å²) >= 11 is 0. The van der Waals surface area contributed by atoms with E-state index in [1.54, 1.807) is 0 Å². The molecule has 0 aliphatic heterocycles. The van der Waals surface area contributed by atoms with Crippen molar-refractivity contribution in [1.29, 1.82) is 0 Å². The van der Waals surface area contributed by atoms with Crippen molar-refractivity contribution in [2.75, 3.05) is 0 Å². The largest absolute Gasteiger partial charge is 0.341 e. The molecule has 4 aromatic rings. The number of aromatic nitrogens is 4. The summed E-state index contributed by atoms with van der Waals surface area (Å²) in [7, 11) is -4.59. The van der Waals surface area contributed by atoms with Crippen LogP contribution in [0.1, 0.15) is 0 Å². The zero-order chi connectivity index (χ0) is 23.8. The molecule has 0 saturated heterocycles. The Hall–Kier alpha value is -4.56. The number of hydrogen-bond donors (Lipinski definition) is 1. The van der Waals surface area contributed by atoms with Gasteiger partial charge in [0, 0.05) is 29.1 Å². The molecule has 0 aliphatic rings. The van der Waals surface area contributed by atoms with Gasteiger partial charge in [-0.2, -0.15) is 8.42 Å². The molecule has 33 heavy (non-hydrogen) atoms. The Labute approximate surface area is 185 Å². The number of rotatable bonds is 6. The minimum Gasteiger partial charge on any atom is -0.282 e. The third kappa shape index (κ3) is 4.28. The minimum atomic E-state index is -4.59. The van der Waals surface area contributed by atoms with Crippen molar-refractivity contribution in [3.63, 3.8) is 0 Å². The Bertz CT molecular complexity index is 1410. The van der Waals surface area contributed by atoms with Gasteiger partial charge in [0.05, 0.1) is 20.5 Å². The molecule has 4 rings (SSSR count). The molecule has 0 aliphatic carbocycles. The lowest BCUT2D eigenvalue weighted by atomic mass is 10.2. The van der Waals surface area contributed by atoms with E-state index in [0.29, 0.717) is 11.4 Å². The molecule has 0 amide bonds. The molecule has 0 atom stereocenters. The zero-order valence-electron chi connectivity index (χ0n) is 16.4. The number of hydrogen-bond acceptors (Lipinski definition) is 8. The van der Waals surface area contributed by atoms with E-state index in [4.69, 9.17) is 0 Å². The van der Waals surface area contributed by atoms with Crippen LogP contribution in [-0.4, -0.2) is 37.8 Å². The summed E-state index contributed by atoms with van der Waals surface area (Å²) in [5.41, 5.74) is 0.371. The van der Waals surface area contributed by atoms with Gasteiger partial charge in [-0.05, 0) is 46.3 Å². The Kier molecular flexibility index (Phi) is 5.37. The van der Waals surface area contributed by atoms with Crippen molar-refractivity contribution in [3.8, 4) is 22.8 Å². The lowest BCUT2D eigenvalue weighted by Gasteiger charge is -2.00. The highest BCUT2D eigenvalue weighted by Crippen LogP contribution is 2.24. The summed E-state index contributed by atoms with van der Waals surface area (Å²) in [6, 6.07) is 16.2. The molecule has 1 heterocycles. The van der Waals surface area contributed by atoms with Crippen molar-refractivity contribution >= 4 is 21.5 Å². The van der Waals surface area contributed by atoms with Gasteiger partial charge in [-0.3, -0.25) is 24.8 Å². The average molecular weight is 469 g/mol. The first kappa shape index (κ1) is 21.7. The normalized spacial score (nSPS) is 11.3. The Balaban J connectivity index is 1.93. The van der Waals surface area contributed by atoms with Crippen molar-refractivity contribution in [3.05, 3.63) is 93.0 Å². The Morgan fingerprint density at radius 1 is 0.848 bits per heavy atom. The molecular formula is C19H13N6O7S+. The van der Waals surface area contributed by atoms with Crippen molar-refractivity contribution < 1.29 is 27.6 Å². The summed E-state index contributed by atoms with van der Waals surface area (Å²) in [6.07, 6.45) is 0. The molecule has 0 spiro atoms. The van der Waals surface area contributed by atoms with Gasteiger partial charge in [-0.1, -0.05) is 12.1 Å². The first-order valence-electron chi connectivity index (χ1n) is 9.11. The third-order valence-electron chi connectivity index (χ3n) is 4.55. The first-order chi connectivity index (χ1) is 15.6. The molecule has 0 radical (unpaired) electrons. The van der Waals surface area contributed by atoms with Crippen molar-refractivity contribution in [2.24, 2.45) is 0 Å². The topological polar surface area (TPSA) is 175 Å². The number of non-ortho nitro benzene ring substituents is 2. The summed E-state index contributed by atoms with van der Waals surface area (Å²) < 4.78 is 33.2. The van der Waals surface area contributed by atoms with Crippen LogP contribution in [0.5, 0.6) is 0 Å². The second kappa shape index (κ2) is 8.18. The van der Waals surface area contributed by atoms with E-state index in [-0.39, 0.29) is 22.8 Å². The highest BCUT2D eigenvalue weighted by molar-refractivity contribution is 7.86. The maximum absolute atomic E-state index is 11.8. The van der Waals surface area contributed by atoms with Gasteiger partial charge in [0.2, 0.25) is 0 Å². The number of nitro benzene ring substituents is 2. The minimum absolute atomic E-state index is 0.0105. The van der Waals surface area contributed by atoms with E-state index < -0.39 is 24.9 Å². The van der Waals surface area contributed by atoms with Crippen molar-refractivity contribution in [1.82, 2.24) is 15.0 Å². The van der Waals surface area contributed by atoms with Crippen molar-refractivity contribution in [2.45, 2.75) is 4.90 Å². The van der Waals surface area contributed by atoms with E-state index in [0.717, 1.165) is 0 Å². The van der Waals surface area contributed by atoms with E-state index in [1.807, 2.05) is 0 Å². The van der Waals surface area contributed by atoms with E-state index >= 15 is 0 Å². The molecule has 3 aromatic carbocycles. The van der Waals surface area contributed by atoms with Gasteiger partial charge in [-0.15, -0.1) is 0 Å². The van der Waals surface area contributed by atoms with Crippen LogP contribution in [0.3, 0.4) is 0 Å². The molecule has 166 valence electrons. The fourth-order valence-electron chi connectivity index (χ4n) is 3.02. The predicted molar refractivity (Wildman–Crippen MR) is 111 cm³/mol. The zero-order valence-corrected chi connectivity index (χ0v) is 17.2. The molecule has 14 heteroatoms. The van der Waals surface area contributed by atoms with E-state index in [1.165, 1.54) is 82.4 Å². The monoisotopic (exact) mass is 469 g/mol. The highest BCUT2D eigenvalue weighted by Gasteiger charge is 2.28. The van der Waals surface area contributed by atoms with Crippen LogP contribution in [0.2, 0.25) is 0 Å². The second-order valence-corrected chi connectivity index (χ2v) is 8.01. The van der Waals surface area contributed by atoms with Crippen LogP contribution < -0.4 is 4.80 Å². The molecule has 1 aromatic heterocycles. The summed E-state index contributed by atoms with van der Waals surface area (Å²) in [6.45, 7) is 0. The standard InChI is InChI=1S/C19H12N6O7S/c26-24(27)15-9-5-13(6-10-15)22-20-19(17-3-1-2-4-18(17)33(30,31)32)21-23(22)14-7-11-16(12-8-14)25(28)29/h1-12H/p+1. The van der Waals surface area contributed by atoms with Gasteiger partial charge < -0.3 is 0 Å². The fraction of sp³-hybridized carbons (Fsp3) is 0. The first-order valence-corrected chi connectivity index (χ1v) is 10.6. The summed E-state index contributed by atoms with van der Waals surface area (Å²) in [5, 5.41) is 30.6. The number of benzene rings is 3. The number of nitrogens with zero attached hydrogens (tertiary/aromatic N) is 6. The molecule has 0 fully saturated rings. The van der Waals surface area contributed by atoms with Crippen LogP contribution in [-0.2, 0) is 10.1 Å². The van der Waals surface area contributed by atoms with Gasteiger partial charge in [0.15, 0.2) is 5.69 Å². The van der Waals surface area contributed by atoms with Crippen LogP contribution in [0.15, 0.2) is 77.7 Å². The van der Waals surface area contributed by atoms with Crippen LogP contribution in [0.4, 0.5) is 11.4 Å². The Morgan fingerprint density at radius 2 is 1.39 bits per heavy atom. The van der Waals surface area contributed by atoms with E-state index in [9.17, 15) is 33.2 Å². The van der Waals surface area contributed by atoms with Crippen LogP contribution >= 0.6 is 0 Å². The predicted octanol–water partition coefficient (Wildman–Crippen LogP) is 2.27. The van der Waals surface area contributed by atoms with Gasteiger partial charge in [0.1, 0.15) is 10.6 Å². The van der Waals surface area contributed by atoms with Crippen LogP contribution in [0, 0.1) is 20.2 Å². The maximum atomic E-state index is 11.8. The van der Waals surface area contributed by atoms with Gasteiger partial charge >= 0.3 is 5.82 Å². The summed E-state index contributed by atoms with van der Waals surface area (Å²) in [4.78, 5) is 22.9. The average Bonchev–Trinajstić information content (AvgIpc) is 3.24. The third-order valence-corrected chi connectivity index (χ3v) is 5.46. The smallest absolute Gasteiger partial charge is 0.282 e. The lowest BCUT2D eigenvalue weighted by Crippen LogP contribution is -2.43. The number of tetrazole rings is 1. The summed E-state index contributed by atoms with van der Waals surface area (Å²) in [5.74, 6) is -0.0834. The van der Waals surface area contributed by atoms with Gasteiger partial charge in [-0.25, -0.2) is 0 Å². The van der Waals surface area contributed by atoms with Gasteiger partial charge in [0.25, 0.3) is 21.5 Å². The number of nitro groups is 2. The molecule has 13 nitrogen and oxygen atoms in total. The lowest BCUT2D eigenvalue weighted by molar-refractivity contribution is -0.734. The molecule has 0 bridgehead atoms. The second-order valence-electron chi connectivity index (χ2n) is 6.62.